The van der Waals surface area contributed by atoms with Gasteiger partial charge in [0.1, 0.15) is 35.0 Å². The van der Waals surface area contributed by atoms with E-state index in [0.29, 0.717) is 22.3 Å². The van der Waals surface area contributed by atoms with Crippen LogP contribution >= 0.6 is 34.7 Å². The number of β-lactam (4-membered cyclic amide) rings is 1. The molecule has 14 nitrogen and oxygen atoms in total. The fourth-order valence-electron chi connectivity index (χ4n) is 7.54. The summed E-state index contributed by atoms with van der Waals surface area (Å²) in [4.78, 5) is 67.1. The van der Waals surface area contributed by atoms with Crippen molar-refractivity contribution in [3.05, 3.63) is 166 Å². The average Bonchev–Trinajstić information content (AvgIpc) is 3.77. The number of oxime groups is 1. The Morgan fingerprint density at radius 3 is 2.00 bits per heavy atom. The van der Waals surface area contributed by atoms with E-state index in [9.17, 15) is 29.4 Å². The third kappa shape index (κ3) is 8.50. The number of hydrogen-bond acceptors (Lipinski definition) is 14. The van der Waals surface area contributed by atoms with Gasteiger partial charge < -0.3 is 35.6 Å². The predicted octanol–water partition coefficient (Wildman–Crippen LogP) is 7.40. The molecule has 17 heteroatoms. The number of ether oxygens (including phenoxy) is 2. The van der Waals surface area contributed by atoms with Crippen molar-refractivity contribution in [2.75, 3.05) is 24.5 Å². The molecule has 0 aliphatic carbocycles. The van der Waals surface area contributed by atoms with Crippen molar-refractivity contribution in [3.63, 3.8) is 0 Å². The number of carbonyl (C=O) groups excluding carboxylic acids is 4. The van der Waals surface area contributed by atoms with E-state index in [1.54, 1.807) is 60.7 Å². The summed E-state index contributed by atoms with van der Waals surface area (Å²) in [5.74, 6) is -4.24. The lowest BCUT2D eigenvalue weighted by Gasteiger charge is -2.49. The van der Waals surface area contributed by atoms with Crippen LogP contribution < -0.4 is 11.1 Å². The number of rotatable bonds is 14. The Morgan fingerprint density at radius 1 is 0.875 bits per heavy atom. The molecule has 1 unspecified atom stereocenters. The summed E-state index contributed by atoms with van der Waals surface area (Å²) in [6, 6.07) is 34.9. The largest absolute Gasteiger partial charge is 0.504 e. The van der Waals surface area contributed by atoms with Crippen LogP contribution in [0.5, 0.6) is 11.5 Å². The molecule has 6 aromatic rings. The normalized spacial score (nSPS) is 15.9. The maximum absolute atomic E-state index is 14.2. The van der Waals surface area contributed by atoms with E-state index in [0.717, 1.165) is 29.6 Å². The lowest BCUT2D eigenvalue weighted by Crippen LogP contribution is -2.71. The van der Waals surface area contributed by atoms with Gasteiger partial charge in [0, 0.05) is 33.7 Å². The van der Waals surface area contributed by atoms with Gasteiger partial charge in [0.25, 0.3) is 11.8 Å². The minimum absolute atomic E-state index is 0.0123. The number of aromatic hydroxyl groups is 2. The van der Waals surface area contributed by atoms with Gasteiger partial charge in [-0.3, -0.25) is 14.5 Å². The van der Waals surface area contributed by atoms with Gasteiger partial charge in [-0.05, 0) is 27.8 Å². The minimum atomic E-state index is -1.12. The predicted molar refractivity (Wildman–Crippen MR) is 243 cm³/mol. The molecule has 1 fully saturated rings. The molecule has 8 rings (SSSR count). The van der Waals surface area contributed by atoms with Gasteiger partial charge in [0.2, 0.25) is 0 Å². The molecule has 5 N–H and O–H groups in total. The average molecular weight is 916 g/mol. The number of amides is 2. The van der Waals surface area contributed by atoms with Crippen LogP contribution in [0.1, 0.15) is 38.8 Å². The highest BCUT2D eigenvalue weighted by Crippen LogP contribution is 2.49. The molecule has 0 bridgehead atoms. The first-order valence-corrected chi connectivity index (χ1v) is 22.1. The molecule has 0 radical (unpaired) electrons. The third-order valence-corrected chi connectivity index (χ3v) is 12.9. The number of phenolic OH excluding ortho intramolecular Hbond substituents is 2. The SMILES string of the molecule is COC(=O)c1c(O)c(O)c(-c2ccccc2)c(-c2ccccc2)c1CO/N=C(\C(=O)NC1C(=O)N2C(C(=O)OC(c3ccccc3)c3ccccc3)=C(CCl)CS[C@@H]12)c1csc(N)n1. The van der Waals surface area contributed by atoms with Crippen molar-refractivity contribution in [3.8, 4) is 33.8 Å². The quantitative estimate of drug-likeness (QED) is 0.0211. The molecule has 64 heavy (non-hydrogen) atoms. The van der Waals surface area contributed by atoms with Crippen molar-refractivity contribution in [1.82, 2.24) is 15.2 Å². The van der Waals surface area contributed by atoms with E-state index in [1.165, 1.54) is 22.0 Å². The van der Waals surface area contributed by atoms with Crippen molar-refractivity contribution in [2.24, 2.45) is 5.16 Å². The van der Waals surface area contributed by atoms with Gasteiger partial charge in [0.15, 0.2) is 28.4 Å². The highest BCUT2D eigenvalue weighted by molar-refractivity contribution is 8.00. The first-order chi connectivity index (χ1) is 31.1. The fraction of sp³-hybridized carbons (Fsp3) is 0.149. The van der Waals surface area contributed by atoms with Crippen molar-refractivity contribution in [2.45, 2.75) is 24.1 Å². The summed E-state index contributed by atoms with van der Waals surface area (Å²) in [5, 5.41) is 30.6. The maximum Gasteiger partial charge on any atom is 0.356 e. The monoisotopic (exact) mass is 915 g/mol. The summed E-state index contributed by atoms with van der Waals surface area (Å²) in [6.45, 7) is -0.530. The Balaban J connectivity index is 1.09. The van der Waals surface area contributed by atoms with E-state index in [1.807, 2.05) is 60.7 Å². The highest BCUT2D eigenvalue weighted by Gasteiger charge is 2.55. The lowest BCUT2D eigenvalue weighted by atomic mass is 9.86. The number of nitrogen functional groups attached to an aromatic ring is 1. The zero-order chi connectivity index (χ0) is 44.9. The van der Waals surface area contributed by atoms with Crippen LogP contribution in [0.2, 0.25) is 0 Å². The highest BCUT2D eigenvalue weighted by atomic mass is 35.5. The molecule has 5 aromatic carbocycles. The number of halogens is 1. The Kier molecular flexibility index (Phi) is 13.0. The Hall–Kier alpha value is -7.14. The van der Waals surface area contributed by atoms with Crippen LogP contribution in [-0.2, 0) is 35.3 Å². The van der Waals surface area contributed by atoms with Crippen molar-refractivity contribution >= 4 is 69.3 Å². The molecule has 2 amide bonds. The third-order valence-electron chi connectivity index (χ3n) is 10.5. The van der Waals surface area contributed by atoms with E-state index in [-0.39, 0.29) is 50.6 Å². The van der Waals surface area contributed by atoms with Gasteiger partial charge >= 0.3 is 11.9 Å². The first-order valence-electron chi connectivity index (χ1n) is 19.7. The van der Waals surface area contributed by atoms with Gasteiger partial charge in [-0.2, -0.15) is 0 Å². The van der Waals surface area contributed by atoms with E-state index in [4.69, 9.17) is 31.6 Å². The summed E-state index contributed by atoms with van der Waals surface area (Å²) in [6.07, 6.45) is -0.786. The van der Waals surface area contributed by atoms with Crippen LogP contribution in [0.4, 0.5) is 5.13 Å². The number of aromatic nitrogens is 1. The molecule has 2 aliphatic rings. The number of phenols is 2. The van der Waals surface area contributed by atoms with Crippen LogP contribution in [0.3, 0.4) is 0 Å². The number of esters is 2. The molecule has 324 valence electrons. The number of hydrogen-bond donors (Lipinski definition) is 4. The van der Waals surface area contributed by atoms with E-state index in [2.05, 4.69) is 15.5 Å². The number of nitrogens with zero attached hydrogens (tertiary/aromatic N) is 3. The summed E-state index contributed by atoms with van der Waals surface area (Å²) >= 11 is 8.70. The molecule has 2 aliphatic heterocycles. The van der Waals surface area contributed by atoms with E-state index < -0.39 is 59.4 Å². The van der Waals surface area contributed by atoms with Crippen molar-refractivity contribution in [1.29, 1.82) is 0 Å². The Morgan fingerprint density at radius 2 is 1.45 bits per heavy atom. The van der Waals surface area contributed by atoms with Gasteiger partial charge in [-0.15, -0.1) is 34.7 Å². The second kappa shape index (κ2) is 19.1. The number of thioether (sulfide) groups is 1. The number of fused-ring (bicyclic) bond motifs is 1. The molecule has 2 atom stereocenters. The summed E-state index contributed by atoms with van der Waals surface area (Å²) < 4.78 is 11.2. The fourth-order valence-corrected chi connectivity index (χ4v) is 9.77. The molecule has 3 heterocycles. The second-order valence-electron chi connectivity index (χ2n) is 14.4. The maximum atomic E-state index is 14.2. The standard InChI is InChI=1S/C47H38ClN5O9S2/c1-60-45(58)35-31(33(26-14-6-2-7-15-26)34(39(54)40(35)55)27-16-8-3-9-17-27)23-61-52-36(32-25-64-47(49)50-32)42(56)51-37-43(57)53-38(30(22-48)24-63-44(37)53)46(59)62-41(28-18-10-4-11-19-28)29-20-12-5-13-21-29/h2-21,25,37,41,44,54-55H,22-24H2,1H3,(H2,49,50)(H,51,56)/b52-36-/t37?,44-/m0/s1. The molecule has 0 spiro atoms. The first kappa shape index (κ1) is 43.5. The number of thiazole rings is 1. The van der Waals surface area contributed by atoms with Crippen LogP contribution in [0, 0.1) is 0 Å². The van der Waals surface area contributed by atoms with E-state index >= 15 is 0 Å². The zero-order valence-electron chi connectivity index (χ0n) is 33.8. The Bertz CT molecular complexity index is 2750. The number of methoxy groups -OCH3 is 1. The van der Waals surface area contributed by atoms with Gasteiger partial charge in [0.05, 0.1) is 7.11 Å². The van der Waals surface area contributed by atoms with Gasteiger partial charge in [-0.25, -0.2) is 14.6 Å². The van der Waals surface area contributed by atoms with Crippen LogP contribution in [0.15, 0.2) is 143 Å². The van der Waals surface area contributed by atoms with Gasteiger partial charge in [-0.1, -0.05) is 126 Å². The molecular weight excluding hydrogens is 878 g/mol. The molecule has 1 aromatic heterocycles. The summed E-state index contributed by atoms with van der Waals surface area (Å²) in [7, 11) is 1.13. The number of carbonyl (C=O) groups is 4. The minimum Gasteiger partial charge on any atom is -0.504 e. The topological polar surface area (TPSA) is 203 Å². The molecular formula is C47H38ClN5O9S2. The number of benzene rings is 5. The smallest absolute Gasteiger partial charge is 0.356 e. The van der Waals surface area contributed by atoms with Crippen LogP contribution in [-0.4, -0.2) is 79.7 Å². The number of alkyl halides is 1. The zero-order valence-corrected chi connectivity index (χ0v) is 36.2. The Labute approximate surface area is 379 Å². The lowest BCUT2D eigenvalue weighted by molar-refractivity contribution is -0.154. The number of anilines is 1. The van der Waals surface area contributed by atoms with Crippen molar-refractivity contribution < 1.29 is 43.7 Å². The second-order valence-corrected chi connectivity index (χ2v) is 16.6. The summed E-state index contributed by atoms with van der Waals surface area (Å²) in [5.41, 5.74) is 8.90. The number of nitrogens with one attached hydrogen (secondary N) is 1. The number of nitrogens with two attached hydrogens (primary N) is 1. The molecule has 0 saturated carbocycles. The van der Waals surface area contributed by atoms with Crippen LogP contribution in [0.25, 0.3) is 22.3 Å². The molecule has 1 saturated heterocycles.